The lowest BCUT2D eigenvalue weighted by Crippen LogP contribution is -2.59. The van der Waals surface area contributed by atoms with E-state index >= 15 is 0 Å². The molecule has 158 valence electrons. The van der Waals surface area contributed by atoms with Gasteiger partial charge in [0.15, 0.2) is 0 Å². The largest absolute Gasteiger partial charge is 0.416 e. The molecule has 0 bridgehead atoms. The number of alkyl halides is 3. The Labute approximate surface area is 168 Å². The van der Waals surface area contributed by atoms with Crippen molar-refractivity contribution >= 4 is 17.6 Å². The van der Waals surface area contributed by atoms with Gasteiger partial charge in [-0.25, -0.2) is 9.69 Å². The van der Waals surface area contributed by atoms with Crippen LogP contribution in [-0.4, -0.2) is 35.6 Å². The van der Waals surface area contributed by atoms with Crippen LogP contribution in [0.1, 0.15) is 50.7 Å². The molecule has 29 heavy (non-hydrogen) atoms. The molecule has 1 aliphatic carbocycles. The highest BCUT2D eigenvalue weighted by molar-refractivity contribution is 6.07. The highest BCUT2D eigenvalue weighted by Crippen LogP contribution is 2.42. The van der Waals surface area contributed by atoms with Crippen molar-refractivity contribution in [3.05, 3.63) is 29.3 Å². The topological polar surface area (TPSA) is 52.7 Å². The molecule has 0 radical (unpaired) electrons. The van der Waals surface area contributed by atoms with Crippen LogP contribution < -0.4 is 10.2 Å². The van der Waals surface area contributed by atoms with Gasteiger partial charge in [0.1, 0.15) is 12.2 Å². The molecule has 1 saturated heterocycles. The molecular formula is C21H26F3N3O2. The molecule has 8 heteroatoms. The highest BCUT2D eigenvalue weighted by atomic mass is 19.4. The quantitative estimate of drug-likeness (QED) is 0.747. The van der Waals surface area contributed by atoms with Gasteiger partial charge in [-0.05, 0) is 61.3 Å². The second kappa shape index (κ2) is 6.92. The summed E-state index contributed by atoms with van der Waals surface area (Å²) < 4.78 is 39.1. The van der Waals surface area contributed by atoms with Crippen LogP contribution in [-0.2, 0) is 17.4 Å². The smallest absolute Gasteiger partial charge is 0.353 e. The fourth-order valence-corrected chi connectivity index (χ4v) is 5.25. The third kappa shape index (κ3) is 3.16. The van der Waals surface area contributed by atoms with Crippen LogP contribution in [0.4, 0.5) is 23.7 Å². The predicted octanol–water partition coefficient (Wildman–Crippen LogP) is 4.16. The molecule has 1 saturated carbocycles. The number of fused-ring (bicyclic) bond motifs is 1. The van der Waals surface area contributed by atoms with E-state index in [0.29, 0.717) is 30.6 Å². The Balaban J connectivity index is 1.59. The van der Waals surface area contributed by atoms with E-state index in [1.807, 2.05) is 18.7 Å². The Kier molecular flexibility index (Phi) is 4.78. The average Bonchev–Trinajstić information content (AvgIpc) is 2.91. The minimum atomic E-state index is -4.39. The van der Waals surface area contributed by atoms with Crippen molar-refractivity contribution in [2.24, 2.45) is 11.8 Å². The number of aryl methyl sites for hydroxylation is 1. The van der Waals surface area contributed by atoms with Crippen molar-refractivity contribution in [2.75, 3.05) is 18.1 Å². The van der Waals surface area contributed by atoms with Gasteiger partial charge in [0.2, 0.25) is 0 Å². The molecule has 1 aromatic rings. The third-order valence-electron chi connectivity index (χ3n) is 6.92. The Bertz CT molecular complexity index is 829. The second-order valence-electron chi connectivity index (χ2n) is 8.62. The summed E-state index contributed by atoms with van der Waals surface area (Å²) in [6, 6.07) is 3.29. The van der Waals surface area contributed by atoms with Crippen LogP contribution in [0.25, 0.3) is 0 Å². The molecule has 1 N–H and O–H groups in total. The van der Waals surface area contributed by atoms with Crippen LogP contribution in [0.15, 0.2) is 18.2 Å². The van der Waals surface area contributed by atoms with Gasteiger partial charge in [0.25, 0.3) is 5.91 Å². The Morgan fingerprint density at radius 2 is 1.83 bits per heavy atom. The molecule has 2 fully saturated rings. The summed E-state index contributed by atoms with van der Waals surface area (Å²) in [7, 11) is 0. The van der Waals surface area contributed by atoms with E-state index in [-0.39, 0.29) is 24.4 Å². The number of hydrogen-bond donors (Lipinski definition) is 1. The average molecular weight is 409 g/mol. The van der Waals surface area contributed by atoms with E-state index in [1.165, 1.54) is 17.0 Å². The van der Waals surface area contributed by atoms with Crippen LogP contribution in [0, 0.1) is 11.8 Å². The number of rotatable bonds is 2. The first-order chi connectivity index (χ1) is 13.6. The highest BCUT2D eigenvalue weighted by Gasteiger charge is 2.58. The first-order valence-electron chi connectivity index (χ1n) is 10.2. The molecular weight excluding hydrogens is 383 g/mol. The van der Waals surface area contributed by atoms with Crippen LogP contribution in [0.5, 0.6) is 0 Å². The summed E-state index contributed by atoms with van der Waals surface area (Å²) in [6.07, 6.45) is -0.353. The van der Waals surface area contributed by atoms with Crippen molar-refractivity contribution < 1.29 is 22.8 Å². The lowest BCUT2D eigenvalue weighted by Gasteiger charge is -2.42. The van der Waals surface area contributed by atoms with Crippen LogP contribution >= 0.6 is 0 Å². The van der Waals surface area contributed by atoms with Gasteiger partial charge in [-0.1, -0.05) is 20.3 Å². The molecule has 2 unspecified atom stereocenters. The molecule has 5 nitrogen and oxygen atoms in total. The van der Waals surface area contributed by atoms with Crippen molar-refractivity contribution in [2.45, 2.75) is 57.7 Å². The molecule has 3 amide bonds. The number of hydrogen-bond acceptors (Lipinski definition) is 3. The number of carbonyl (C=O) groups excluding carboxylic acids is 2. The van der Waals surface area contributed by atoms with Crippen molar-refractivity contribution in [1.82, 2.24) is 10.2 Å². The zero-order valence-electron chi connectivity index (χ0n) is 16.7. The molecule has 3 aliphatic rings. The summed E-state index contributed by atoms with van der Waals surface area (Å²) in [5, 5.41) is 2.97. The molecule has 2 heterocycles. The summed E-state index contributed by atoms with van der Waals surface area (Å²) in [6.45, 7) is 4.66. The number of nitrogens with zero attached hydrogens (tertiary/aromatic N) is 2. The van der Waals surface area contributed by atoms with Gasteiger partial charge in [-0.3, -0.25) is 4.79 Å². The number of nitrogens with one attached hydrogen (secondary N) is 1. The molecule has 2 atom stereocenters. The first kappa shape index (κ1) is 20.0. The lowest BCUT2D eigenvalue weighted by molar-refractivity contribution is -0.138. The maximum absolute atomic E-state index is 13.4. The van der Waals surface area contributed by atoms with Crippen molar-refractivity contribution in [3.8, 4) is 0 Å². The summed E-state index contributed by atoms with van der Waals surface area (Å²) in [5.74, 6) is -0.104. The fraction of sp³-hybridized carbons (Fsp3) is 0.619. The lowest BCUT2D eigenvalue weighted by atomic mass is 9.67. The number of benzene rings is 1. The number of urea groups is 1. The van der Waals surface area contributed by atoms with Crippen molar-refractivity contribution in [3.63, 3.8) is 0 Å². The molecule has 1 aromatic carbocycles. The van der Waals surface area contributed by atoms with Crippen LogP contribution in [0.3, 0.4) is 0 Å². The number of carbonyl (C=O) groups is 2. The predicted molar refractivity (Wildman–Crippen MR) is 102 cm³/mol. The number of halogens is 3. The van der Waals surface area contributed by atoms with Gasteiger partial charge >= 0.3 is 12.2 Å². The molecule has 4 rings (SSSR count). The summed E-state index contributed by atoms with van der Waals surface area (Å²) in [5.41, 5.74) is -0.270. The number of amides is 3. The maximum Gasteiger partial charge on any atom is 0.416 e. The Morgan fingerprint density at radius 3 is 2.48 bits per heavy atom. The monoisotopic (exact) mass is 409 g/mol. The SMILES string of the molecule is CC1CCCC(C)C12NC(=O)N(CN1CCCc3cc(C(F)(F)F)ccc31)C2=O. The normalized spacial score (nSPS) is 30.0. The second-order valence-corrected chi connectivity index (χ2v) is 8.62. The summed E-state index contributed by atoms with van der Waals surface area (Å²) in [4.78, 5) is 29.2. The molecule has 1 spiro atoms. The maximum atomic E-state index is 13.4. The number of imide groups is 1. The molecule has 0 aromatic heterocycles. The van der Waals surface area contributed by atoms with Crippen LogP contribution in [0.2, 0.25) is 0 Å². The molecule has 2 aliphatic heterocycles. The summed E-state index contributed by atoms with van der Waals surface area (Å²) >= 11 is 0. The van der Waals surface area contributed by atoms with Gasteiger partial charge in [-0.2, -0.15) is 13.2 Å². The zero-order valence-corrected chi connectivity index (χ0v) is 16.7. The van der Waals surface area contributed by atoms with Gasteiger partial charge in [0, 0.05) is 12.2 Å². The minimum Gasteiger partial charge on any atom is -0.353 e. The first-order valence-corrected chi connectivity index (χ1v) is 10.2. The van der Waals surface area contributed by atoms with Gasteiger partial charge in [0.05, 0.1) is 5.56 Å². The van der Waals surface area contributed by atoms with E-state index in [9.17, 15) is 22.8 Å². The fourth-order valence-electron chi connectivity index (χ4n) is 5.25. The van der Waals surface area contributed by atoms with E-state index in [0.717, 1.165) is 25.3 Å². The number of anilines is 1. The van der Waals surface area contributed by atoms with Gasteiger partial charge < -0.3 is 10.2 Å². The Hall–Kier alpha value is -2.25. The van der Waals surface area contributed by atoms with Gasteiger partial charge in [-0.15, -0.1) is 0 Å². The van der Waals surface area contributed by atoms with E-state index < -0.39 is 23.3 Å². The Morgan fingerprint density at radius 1 is 1.14 bits per heavy atom. The zero-order chi connectivity index (χ0) is 21.0. The van der Waals surface area contributed by atoms with E-state index in [1.54, 1.807) is 0 Å². The van der Waals surface area contributed by atoms with Crippen molar-refractivity contribution in [1.29, 1.82) is 0 Å². The standard InChI is InChI=1S/C21H26F3N3O2/c1-13-5-3-6-14(2)20(13)18(28)27(19(29)25-20)12-26-10-4-7-15-11-16(21(22,23)24)8-9-17(15)26/h8-9,11,13-14H,3-7,10,12H2,1-2H3,(H,25,29). The minimum absolute atomic E-state index is 0.0516. The van der Waals surface area contributed by atoms with E-state index in [2.05, 4.69) is 5.32 Å². The third-order valence-corrected chi connectivity index (χ3v) is 6.92. The van der Waals surface area contributed by atoms with E-state index in [4.69, 9.17) is 0 Å².